The zero-order valence-electron chi connectivity index (χ0n) is 12.6. The maximum Gasteiger partial charge on any atom is 0.211 e. The molecule has 0 amide bonds. The molecule has 0 radical (unpaired) electrons. The first-order chi connectivity index (χ1) is 11.1. The second kappa shape index (κ2) is 8.19. The lowest BCUT2D eigenvalue weighted by atomic mass is 10.2. The Kier molecular flexibility index (Phi) is 5.99. The number of hydrogen-bond donors (Lipinski definition) is 2. The minimum Gasteiger partial charge on any atom is -0.493 e. The predicted octanol–water partition coefficient (Wildman–Crippen LogP) is 2.64. The minimum atomic E-state index is -0.102. The maximum atomic E-state index is 5.86. The molecule has 2 aromatic carbocycles. The van der Waals surface area contributed by atoms with E-state index in [2.05, 4.69) is 26.1 Å². The fraction of sp³-hybridized carbons (Fsp3) is 0.125. The maximum absolute atomic E-state index is 5.86. The Morgan fingerprint density at radius 3 is 2.61 bits per heavy atom. The van der Waals surface area contributed by atoms with Crippen LogP contribution in [0.15, 0.2) is 57.1 Å². The predicted molar refractivity (Wildman–Crippen MR) is 94.9 cm³/mol. The van der Waals surface area contributed by atoms with Crippen LogP contribution in [0, 0.1) is 0 Å². The first kappa shape index (κ1) is 16.8. The summed E-state index contributed by atoms with van der Waals surface area (Å²) >= 11 is 3.48. The van der Waals surface area contributed by atoms with E-state index >= 15 is 0 Å². The summed E-state index contributed by atoms with van der Waals surface area (Å²) < 4.78 is 12.0. The van der Waals surface area contributed by atoms with Gasteiger partial charge in [0.25, 0.3) is 0 Å². The van der Waals surface area contributed by atoms with E-state index in [1.165, 1.54) is 6.21 Å². The van der Waals surface area contributed by atoms with Crippen molar-refractivity contribution in [2.24, 2.45) is 21.7 Å². The smallest absolute Gasteiger partial charge is 0.211 e. The Labute approximate surface area is 142 Å². The first-order valence-corrected chi connectivity index (χ1v) is 7.55. The average Bonchev–Trinajstić information content (AvgIpc) is 2.54. The summed E-state index contributed by atoms with van der Waals surface area (Å²) in [5.41, 5.74) is 12.3. The van der Waals surface area contributed by atoms with E-state index in [1.54, 1.807) is 13.2 Å². The molecule has 120 valence electrons. The van der Waals surface area contributed by atoms with Crippen LogP contribution in [0.1, 0.15) is 11.1 Å². The van der Waals surface area contributed by atoms with E-state index in [-0.39, 0.29) is 5.96 Å². The molecule has 0 atom stereocenters. The number of benzene rings is 2. The second-order valence-corrected chi connectivity index (χ2v) is 5.43. The lowest BCUT2D eigenvalue weighted by Crippen LogP contribution is -2.21. The quantitative estimate of drug-likeness (QED) is 0.460. The monoisotopic (exact) mass is 376 g/mol. The van der Waals surface area contributed by atoms with Crippen molar-refractivity contribution in [3.05, 3.63) is 58.1 Å². The van der Waals surface area contributed by atoms with Crippen molar-refractivity contribution in [3.8, 4) is 11.5 Å². The van der Waals surface area contributed by atoms with Crippen LogP contribution in [-0.4, -0.2) is 19.3 Å². The fourth-order valence-electron chi connectivity index (χ4n) is 1.85. The molecule has 0 heterocycles. The molecule has 2 rings (SSSR count). The molecule has 0 saturated heterocycles. The molecule has 4 N–H and O–H groups in total. The van der Waals surface area contributed by atoms with Gasteiger partial charge in [0.05, 0.1) is 17.8 Å². The highest BCUT2D eigenvalue weighted by molar-refractivity contribution is 9.10. The van der Waals surface area contributed by atoms with Gasteiger partial charge in [0, 0.05) is 0 Å². The van der Waals surface area contributed by atoms with E-state index in [9.17, 15) is 0 Å². The van der Waals surface area contributed by atoms with Gasteiger partial charge >= 0.3 is 0 Å². The van der Waals surface area contributed by atoms with Gasteiger partial charge in [-0.2, -0.15) is 5.10 Å². The van der Waals surface area contributed by atoms with Crippen LogP contribution in [0.25, 0.3) is 0 Å². The first-order valence-electron chi connectivity index (χ1n) is 6.76. The topological polar surface area (TPSA) is 95.2 Å². The molecule has 6 nitrogen and oxygen atoms in total. The lowest BCUT2D eigenvalue weighted by Gasteiger charge is -2.13. The Balaban J connectivity index is 2.20. The molecule has 2 aromatic rings. The molecular formula is C16H17BrN4O2. The van der Waals surface area contributed by atoms with E-state index in [0.29, 0.717) is 18.1 Å². The van der Waals surface area contributed by atoms with Gasteiger partial charge < -0.3 is 20.9 Å². The summed E-state index contributed by atoms with van der Waals surface area (Å²) in [5.74, 6) is 1.10. The number of ether oxygens (including phenoxy) is 2. The van der Waals surface area contributed by atoms with Gasteiger partial charge in [0.2, 0.25) is 5.96 Å². The third kappa shape index (κ3) is 5.00. The van der Waals surface area contributed by atoms with Gasteiger partial charge in [-0.3, -0.25) is 0 Å². The zero-order chi connectivity index (χ0) is 16.7. The van der Waals surface area contributed by atoms with E-state index in [0.717, 1.165) is 15.6 Å². The van der Waals surface area contributed by atoms with Crippen molar-refractivity contribution < 1.29 is 9.47 Å². The molecule has 0 aliphatic carbocycles. The summed E-state index contributed by atoms with van der Waals surface area (Å²) in [5, 5.41) is 7.33. The van der Waals surface area contributed by atoms with Crippen LogP contribution >= 0.6 is 15.9 Å². The minimum absolute atomic E-state index is 0.102. The molecule has 0 spiro atoms. The van der Waals surface area contributed by atoms with Crippen LogP contribution in [0.2, 0.25) is 0 Å². The highest BCUT2D eigenvalue weighted by Gasteiger charge is 2.11. The third-order valence-corrected chi connectivity index (χ3v) is 3.45. The molecule has 0 fully saturated rings. The van der Waals surface area contributed by atoms with Crippen LogP contribution in [0.4, 0.5) is 0 Å². The van der Waals surface area contributed by atoms with Gasteiger partial charge in [-0.25, -0.2) is 0 Å². The van der Waals surface area contributed by atoms with Crippen molar-refractivity contribution in [1.29, 1.82) is 0 Å². The number of hydrogen-bond acceptors (Lipinski definition) is 4. The Morgan fingerprint density at radius 1 is 1.22 bits per heavy atom. The van der Waals surface area contributed by atoms with E-state index in [1.807, 2.05) is 36.4 Å². The molecule has 23 heavy (non-hydrogen) atoms. The Bertz CT molecular complexity index is 714. The van der Waals surface area contributed by atoms with E-state index in [4.69, 9.17) is 20.9 Å². The summed E-state index contributed by atoms with van der Waals surface area (Å²) in [4.78, 5) is 0. The highest BCUT2D eigenvalue weighted by atomic mass is 79.9. The number of rotatable bonds is 6. The zero-order valence-corrected chi connectivity index (χ0v) is 14.2. The molecule has 7 heteroatoms. The molecule has 0 aliphatic rings. The highest BCUT2D eigenvalue weighted by Crippen LogP contribution is 2.36. The molecule has 0 aliphatic heterocycles. The van der Waals surface area contributed by atoms with Gasteiger partial charge in [-0.15, -0.1) is 5.10 Å². The van der Waals surface area contributed by atoms with Crippen LogP contribution < -0.4 is 20.9 Å². The van der Waals surface area contributed by atoms with E-state index < -0.39 is 0 Å². The Hall–Kier alpha value is -2.54. The summed E-state index contributed by atoms with van der Waals surface area (Å²) in [6.45, 7) is 0.442. The van der Waals surface area contributed by atoms with Crippen LogP contribution in [-0.2, 0) is 6.61 Å². The Morgan fingerprint density at radius 2 is 1.96 bits per heavy atom. The molecule has 0 saturated carbocycles. The number of nitrogens with two attached hydrogens (primary N) is 2. The molecule has 0 unspecified atom stereocenters. The number of methoxy groups -OCH3 is 1. The molecular weight excluding hydrogens is 360 g/mol. The fourth-order valence-corrected chi connectivity index (χ4v) is 2.42. The van der Waals surface area contributed by atoms with Crippen molar-refractivity contribution in [2.45, 2.75) is 6.61 Å². The van der Waals surface area contributed by atoms with Gasteiger partial charge in [0.15, 0.2) is 11.5 Å². The summed E-state index contributed by atoms with van der Waals surface area (Å²) in [6, 6.07) is 13.5. The largest absolute Gasteiger partial charge is 0.493 e. The van der Waals surface area contributed by atoms with Gasteiger partial charge in [-0.1, -0.05) is 30.3 Å². The number of nitrogens with zero attached hydrogens (tertiary/aromatic N) is 2. The van der Waals surface area contributed by atoms with Gasteiger partial charge in [-0.05, 0) is 39.2 Å². The van der Waals surface area contributed by atoms with Gasteiger partial charge in [0.1, 0.15) is 6.61 Å². The lowest BCUT2D eigenvalue weighted by molar-refractivity contribution is 0.282. The third-order valence-electron chi connectivity index (χ3n) is 2.86. The number of halogens is 1. The van der Waals surface area contributed by atoms with Crippen molar-refractivity contribution in [2.75, 3.05) is 7.11 Å². The molecule has 0 bridgehead atoms. The van der Waals surface area contributed by atoms with Crippen LogP contribution in [0.5, 0.6) is 11.5 Å². The normalized spacial score (nSPS) is 10.5. The summed E-state index contributed by atoms with van der Waals surface area (Å²) in [6.07, 6.45) is 1.52. The van der Waals surface area contributed by atoms with Crippen molar-refractivity contribution >= 4 is 28.1 Å². The van der Waals surface area contributed by atoms with Crippen molar-refractivity contribution in [3.63, 3.8) is 0 Å². The SMILES string of the molecule is COc1cc(C=NN=C(N)N)cc(Br)c1OCc1ccccc1. The standard InChI is InChI=1S/C16H17BrN4O2/c1-22-14-8-12(9-20-21-16(18)19)7-13(17)15(14)23-10-11-5-3-2-4-6-11/h2-9H,10H2,1H3,(H4,18,19,21). The average molecular weight is 377 g/mol. The molecule has 0 aromatic heterocycles. The van der Waals surface area contributed by atoms with Crippen LogP contribution in [0.3, 0.4) is 0 Å². The summed E-state index contributed by atoms with van der Waals surface area (Å²) in [7, 11) is 1.58. The van der Waals surface area contributed by atoms with Crippen molar-refractivity contribution in [1.82, 2.24) is 0 Å². The number of guanidine groups is 1. The second-order valence-electron chi connectivity index (χ2n) is 4.58.